The minimum atomic E-state index is -5.43. The zero-order valence-electron chi connectivity index (χ0n) is 12.0. The van der Waals surface area contributed by atoms with E-state index in [1.54, 1.807) is 0 Å². The third-order valence-electron chi connectivity index (χ3n) is 2.80. The molecule has 0 radical (unpaired) electrons. The Balaban J connectivity index is 0.00000576. The summed E-state index contributed by atoms with van der Waals surface area (Å²) in [4.78, 5) is 52.4. The number of hydrogen-bond donors (Lipinski definition) is 10. The fraction of sp³-hybridized carbons (Fsp3) is 1.00. The first kappa shape index (κ1) is 25.2. The number of aliphatic hydroxyl groups excluding tert-OH is 3. The molecule has 1 aliphatic carbocycles. The lowest BCUT2D eigenvalue weighted by atomic mass is 9.85. The van der Waals surface area contributed by atoms with E-state index in [-0.39, 0.29) is 6.15 Å². The highest BCUT2D eigenvalue weighted by molar-refractivity contribution is 7.46. The van der Waals surface area contributed by atoms with E-state index in [0.29, 0.717) is 0 Å². The first-order valence-corrected chi connectivity index (χ1v) is 10.4. The third-order valence-corrected chi connectivity index (χ3v) is 4.35. The second-order valence-corrected chi connectivity index (χ2v) is 8.23. The van der Waals surface area contributed by atoms with Gasteiger partial charge in [-0.15, -0.1) is 0 Å². The first-order chi connectivity index (χ1) is 10.5. The molecule has 6 atom stereocenters. The summed E-state index contributed by atoms with van der Waals surface area (Å²) in [6.07, 6.45) is -14.3. The van der Waals surface area contributed by atoms with Gasteiger partial charge in [0.2, 0.25) is 0 Å². The second kappa shape index (κ2) is 8.46. The summed E-state index contributed by atoms with van der Waals surface area (Å²) >= 11 is 0. The van der Waals surface area contributed by atoms with Gasteiger partial charge in [-0.1, -0.05) is 0 Å². The van der Waals surface area contributed by atoms with Crippen LogP contribution in [-0.4, -0.2) is 81.3 Å². The molecule has 0 heterocycles. The van der Waals surface area contributed by atoms with Gasteiger partial charge in [-0.3, -0.25) is 13.6 Å². The molecular formula is C6H18NO15P3. The predicted molar refractivity (Wildman–Crippen MR) is 73.8 cm³/mol. The van der Waals surface area contributed by atoms with Crippen LogP contribution in [0.1, 0.15) is 0 Å². The lowest BCUT2D eigenvalue weighted by Gasteiger charge is -2.44. The van der Waals surface area contributed by atoms with Gasteiger partial charge < -0.3 is 50.8 Å². The maximum Gasteiger partial charge on any atom is 0.470 e. The average molecular weight is 437 g/mol. The molecule has 16 nitrogen and oxygen atoms in total. The number of hydrogen-bond acceptors (Lipinski definition) is 10. The Labute approximate surface area is 139 Å². The molecule has 0 amide bonds. The maximum absolute atomic E-state index is 10.9. The van der Waals surface area contributed by atoms with Gasteiger partial charge in [0, 0.05) is 0 Å². The van der Waals surface area contributed by atoms with E-state index < -0.39 is 60.1 Å². The Hall–Kier alpha value is 0.170. The molecule has 6 unspecified atom stereocenters. The molecule has 1 fully saturated rings. The summed E-state index contributed by atoms with van der Waals surface area (Å²) in [5.74, 6) is 0. The van der Waals surface area contributed by atoms with Crippen LogP contribution in [0.2, 0.25) is 0 Å². The Morgan fingerprint density at radius 2 is 0.760 bits per heavy atom. The van der Waals surface area contributed by atoms with E-state index in [9.17, 15) is 29.0 Å². The molecule has 1 aliphatic rings. The quantitative estimate of drug-likeness (QED) is 0.182. The fourth-order valence-corrected chi connectivity index (χ4v) is 3.70. The highest BCUT2D eigenvalue weighted by atomic mass is 31.2. The van der Waals surface area contributed by atoms with Crippen molar-refractivity contribution in [1.82, 2.24) is 6.15 Å². The molecule has 0 aliphatic heterocycles. The molecular weight excluding hydrogens is 419 g/mol. The van der Waals surface area contributed by atoms with Crippen molar-refractivity contribution in [2.24, 2.45) is 0 Å². The zero-order valence-corrected chi connectivity index (χ0v) is 14.7. The van der Waals surface area contributed by atoms with Crippen molar-refractivity contribution < 1.29 is 71.9 Å². The van der Waals surface area contributed by atoms with E-state index in [4.69, 9.17) is 29.4 Å². The molecule has 0 bridgehead atoms. The smallest absolute Gasteiger partial charge is 0.387 e. The van der Waals surface area contributed by atoms with E-state index in [1.165, 1.54) is 0 Å². The standard InChI is InChI=1S/C6H15O15P3.H3N/c7-1-2(8)5(20-23(13,14)15)6(21-24(16,17)18)3(9)4(1)19-22(10,11)12;/h1-9H,(H2,10,11,12)(H2,13,14,15)(H2,16,17,18);1H3. The molecule has 19 heteroatoms. The van der Waals surface area contributed by atoms with Crippen molar-refractivity contribution in [3.05, 3.63) is 0 Å². The first-order valence-electron chi connectivity index (χ1n) is 5.78. The summed E-state index contributed by atoms with van der Waals surface area (Å²) in [7, 11) is -16.2. The van der Waals surface area contributed by atoms with Crippen molar-refractivity contribution in [2.75, 3.05) is 0 Å². The Bertz CT molecular complexity index is 580. The van der Waals surface area contributed by atoms with Crippen LogP contribution in [0, 0.1) is 0 Å². The molecule has 0 saturated heterocycles. The van der Waals surface area contributed by atoms with Gasteiger partial charge in [0.25, 0.3) is 0 Å². The SMILES string of the molecule is N.O=P(O)(O)OC1C(O)C(O)C(OP(=O)(O)O)C(OP(=O)(O)O)C1O. The minimum absolute atomic E-state index is 0. The third kappa shape index (κ3) is 7.74. The molecule has 1 saturated carbocycles. The van der Waals surface area contributed by atoms with Crippen molar-refractivity contribution in [2.45, 2.75) is 36.6 Å². The van der Waals surface area contributed by atoms with Crippen LogP contribution in [-0.2, 0) is 27.3 Å². The molecule has 0 aromatic carbocycles. The van der Waals surface area contributed by atoms with Crippen molar-refractivity contribution in [3.63, 3.8) is 0 Å². The number of phosphoric ester groups is 3. The second-order valence-electron chi connectivity index (χ2n) is 4.65. The van der Waals surface area contributed by atoms with Crippen LogP contribution in [0.25, 0.3) is 0 Å². The zero-order chi connectivity index (χ0) is 19.1. The van der Waals surface area contributed by atoms with Crippen LogP contribution < -0.4 is 6.15 Å². The van der Waals surface area contributed by atoms with Gasteiger partial charge in [0.1, 0.15) is 36.6 Å². The molecule has 1 rings (SSSR count). The van der Waals surface area contributed by atoms with Crippen LogP contribution in [0.3, 0.4) is 0 Å². The molecule has 152 valence electrons. The van der Waals surface area contributed by atoms with Crippen LogP contribution in [0.15, 0.2) is 0 Å². The van der Waals surface area contributed by atoms with Gasteiger partial charge in [-0.25, -0.2) is 13.7 Å². The van der Waals surface area contributed by atoms with Crippen molar-refractivity contribution >= 4 is 23.5 Å². The van der Waals surface area contributed by atoms with Gasteiger partial charge in [-0.2, -0.15) is 0 Å². The summed E-state index contributed by atoms with van der Waals surface area (Å²) in [5, 5.41) is 29.3. The minimum Gasteiger partial charge on any atom is -0.387 e. The van der Waals surface area contributed by atoms with E-state index in [2.05, 4.69) is 13.6 Å². The number of rotatable bonds is 6. The summed E-state index contributed by atoms with van der Waals surface area (Å²) < 4.78 is 44.7. The molecule has 0 spiro atoms. The summed E-state index contributed by atoms with van der Waals surface area (Å²) in [5.41, 5.74) is 0. The molecule has 25 heavy (non-hydrogen) atoms. The van der Waals surface area contributed by atoms with Crippen LogP contribution >= 0.6 is 23.5 Å². The topological polar surface area (TPSA) is 296 Å². The van der Waals surface area contributed by atoms with Gasteiger partial charge in [-0.05, 0) is 0 Å². The molecule has 0 aromatic heterocycles. The van der Waals surface area contributed by atoms with Crippen LogP contribution in [0.4, 0.5) is 0 Å². The van der Waals surface area contributed by atoms with E-state index >= 15 is 0 Å². The van der Waals surface area contributed by atoms with Gasteiger partial charge >= 0.3 is 23.5 Å². The maximum atomic E-state index is 10.9. The van der Waals surface area contributed by atoms with E-state index in [0.717, 1.165) is 0 Å². The number of phosphoric acid groups is 3. The molecule has 12 N–H and O–H groups in total. The Morgan fingerprint density at radius 3 is 1.08 bits per heavy atom. The summed E-state index contributed by atoms with van der Waals surface area (Å²) in [6, 6.07) is 0. The lowest BCUT2D eigenvalue weighted by molar-refractivity contribution is -0.212. The van der Waals surface area contributed by atoms with Crippen molar-refractivity contribution in [3.8, 4) is 0 Å². The summed E-state index contributed by atoms with van der Waals surface area (Å²) in [6.45, 7) is 0. The number of aliphatic hydroxyl groups is 3. The van der Waals surface area contributed by atoms with Crippen molar-refractivity contribution in [1.29, 1.82) is 0 Å². The average Bonchev–Trinajstić information content (AvgIpc) is 2.32. The fourth-order valence-electron chi connectivity index (χ4n) is 2.01. The Kier molecular flexibility index (Phi) is 8.51. The van der Waals surface area contributed by atoms with Gasteiger partial charge in [0.05, 0.1) is 0 Å². The molecule has 0 aromatic rings. The largest absolute Gasteiger partial charge is 0.470 e. The highest BCUT2D eigenvalue weighted by Crippen LogP contribution is 2.49. The van der Waals surface area contributed by atoms with Gasteiger partial charge in [0.15, 0.2) is 0 Å². The monoisotopic (exact) mass is 437 g/mol. The highest BCUT2D eigenvalue weighted by Gasteiger charge is 2.56. The predicted octanol–water partition coefficient (Wildman–Crippen LogP) is -3.32. The lowest BCUT2D eigenvalue weighted by Crippen LogP contribution is -2.65. The normalized spacial score (nSPS) is 34.4. The Morgan fingerprint density at radius 1 is 0.520 bits per heavy atom. The van der Waals surface area contributed by atoms with Crippen LogP contribution in [0.5, 0.6) is 0 Å². The van der Waals surface area contributed by atoms with E-state index in [1.807, 2.05) is 0 Å².